The minimum atomic E-state index is 0.803. The van der Waals surface area contributed by atoms with Crippen molar-refractivity contribution in [2.45, 2.75) is 19.3 Å². The topological polar surface area (TPSA) is 3.24 Å². The van der Waals surface area contributed by atoms with Gasteiger partial charge in [0.1, 0.15) is 0 Å². The fourth-order valence-corrected chi connectivity index (χ4v) is 2.16. The number of likely N-dealkylation sites (tertiary alicyclic amines) is 1. The number of hydrogen-bond acceptors (Lipinski definition) is 1. The van der Waals surface area contributed by atoms with Gasteiger partial charge in [-0.15, -0.1) is 11.6 Å². The quantitative estimate of drug-likeness (QED) is 0.590. The number of hydrogen-bond donors (Lipinski definition) is 0. The smallest absolute Gasteiger partial charge is 0.0276 e. The molecule has 0 N–H and O–H groups in total. The second-order valence-electron chi connectivity index (χ2n) is 4.04. The number of rotatable bonds is 3. The van der Waals surface area contributed by atoms with E-state index in [1.807, 2.05) is 0 Å². The molecule has 1 aliphatic carbocycles. The third kappa shape index (κ3) is 1.70. The highest BCUT2D eigenvalue weighted by Gasteiger charge is 2.29. The summed E-state index contributed by atoms with van der Waals surface area (Å²) in [5.41, 5.74) is 0. The molecule has 1 aliphatic heterocycles. The molecule has 0 aromatic carbocycles. The average molecular weight is 174 g/mol. The van der Waals surface area contributed by atoms with Crippen LogP contribution in [0.25, 0.3) is 0 Å². The molecule has 0 amide bonds. The maximum Gasteiger partial charge on any atom is 0.0276 e. The Kier molecular flexibility index (Phi) is 2.38. The Morgan fingerprint density at radius 2 is 1.91 bits per heavy atom. The van der Waals surface area contributed by atoms with Crippen LogP contribution in [0.3, 0.4) is 0 Å². The summed E-state index contributed by atoms with van der Waals surface area (Å²) in [6.07, 6.45) is 4.42. The van der Waals surface area contributed by atoms with E-state index in [-0.39, 0.29) is 0 Å². The van der Waals surface area contributed by atoms with E-state index in [1.54, 1.807) is 0 Å². The highest BCUT2D eigenvalue weighted by Crippen LogP contribution is 2.29. The van der Waals surface area contributed by atoms with E-state index in [1.165, 1.54) is 38.9 Å². The largest absolute Gasteiger partial charge is 0.302 e. The van der Waals surface area contributed by atoms with E-state index in [0.29, 0.717) is 0 Å². The van der Waals surface area contributed by atoms with Crippen LogP contribution in [0.2, 0.25) is 0 Å². The zero-order chi connectivity index (χ0) is 7.68. The van der Waals surface area contributed by atoms with Crippen molar-refractivity contribution in [1.29, 1.82) is 0 Å². The SMILES string of the molecule is ClCC1CN(CC2CCC2)C1. The Hall–Kier alpha value is 0.250. The monoisotopic (exact) mass is 173 g/mol. The van der Waals surface area contributed by atoms with Crippen LogP contribution >= 0.6 is 11.6 Å². The normalized spacial score (nSPS) is 28.1. The summed E-state index contributed by atoms with van der Waals surface area (Å²) in [6.45, 7) is 3.88. The zero-order valence-electron chi connectivity index (χ0n) is 6.93. The molecule has 0 unspecified atom stereocenters. The molecule has 1 saturated carbocycles. The Labute approximate surface area is 73.7 Å². The van der Waals surface area contributed by atoms with E-state index in [2.05, 4.69) is 4.90 Å². The zero-order valence-corrected chi connectivity index (χ0v) is 7.69. The molecule has 0 bridgehead atoms. The molecule has 11 heavy (non-hydrogen) atoms. The maximum absolute atomic E-state index is 5.73. The van der Waals surface area contributed by atoms with Crippen molar-refractivity contribution in [2.24, 2.45) is 11.8 Å². The van der Waals surface area contributed by atoms with Crippen molar-refractivity contribution in [1.82, 2.24) is 4.90 Å². The van der Waals surface area contributed by atoms with E-state index >= 15 is 0 Å². The van der Waals surface area contributed by atoms with E-state index in [4.69, 9.17) is 11.6 Å². The van der Waals surface area contributed by atoms with Crippen LogP contribution < -0.4 is 0 Å². The van der Waals surface area contributed by atoms with E-state index in [9.17, 15) is 0 Å². The molecule has 0 aromatic rings. The predicted molar refractivity (Wildman–Crippen MR) is 48.0 cm³/mol. The molecule has 1 nitrogen and oxygen atoms in total. The highest BCUT2D eigenvalue weighted by atomic mass is 35.5. The van der Waals surface area contributed by atoms with Crippen LogP contribution in [0, 0.1) is 11.8 Å². The molecule has 0 aromatic heterocycles. The van der Waals surface area contributed by atoms with Crippen LogP contribution in [0.5, 0.6) is 0 Å². The van der Waals surface area contributed by atoms with Crippen molar-refractivity contribution in [3.63, 3.8) is 0 Å². The van der Waals surface area contributed by atoms with Gasteiger partial charge in [0, 0.05) is 25.5 Å². The van der Waals surface area contributed by atoms with Gasteiger partial charge in [-0.25, -0.2) is 0 Å². The van der Waals surface area contributed by atoms with Gasteiger partial charge in [-0.1, -0.05) is 6.42 Å². The van der Waals surface area contributed by atoms with Crippen LogP contribution in [0.4, 0.5) is 0 Å². The number of alkyl halides is 1. The molecule has 64 valence electrons. The second kappa shape index (κ2) is 3.32. The molecule has 2 rings (SSSR count). The maximum atomic E-state index is 5.73. The molecule has 1 saturated heterocycles. The fraction of sp³-hybridized carbons (Fsp3) is 1.00. The molecule has 0 spiro atoms. The first-order valence-corrected chi connectivity index (χ1v) is 5.20. The van der Waals surface area contributed by atoms with Crippen LogP contribution in [-0.2, 0) is 0 Å². The Balaban J connectivity index is 1.59. The summed E-state index contributed by atoms with van der Waals surface area (Å²) in [5.74, 6) is 2.70. The molecular weight excluding hydrogens is 158 g/mol. The lowest BCUT2D eigenvalue weighted by molar-refractivity contribution is 0.0745. The van der Waals surface area contributed by atoms with Crippen molar-refractivity contribution in [3.8, 4) is 0 Å². The summed E-state index contributed by atoms with van der Waals surface area (Å²) in [5, 5.41) is 0. The fourth-order valence-electron chi connectivity index (χ4n) is 1.96. The van der Waals surface area contributed by atoms with Gasteiger partial charge >= 0.3 is 0 Å². The lowest BCUT2D eigenvalue weighted by atomic mass is 9.84. The van der Waals surface area contributed by atoms with Gasteiger partial charge in [-0.05, 0) is 24.7 Å². The van der Waals surface area contributed by atoms with Crippen molar-refractivity contribution in [2.75, 3.05) is 25.5 Å². The molecular formula is C9H16ClN. The molecule has 0 atom stereocenters. The summed E-state index contributed by atoms with van der Waals surface area (Å²) in [6, 6.07) is 0. The first kappa shape index (κ1) is 7.88. The van der Waals surface area contributed by atoms with Crippen LogP contribution in [0.15, 0.2) is 0 Å². The Morgan fingerprint density at radius 3 is 2.36 bits per heavy atom. The first-order valence-electron chi connectivity index (χ1n) is 4.67. The van der Waals surface area contributed by atoms with E-state index in [0.717, 1.165) is 17.7 Å². The van der Waals surface area contributed by atoms with Gasteiger partial charge in [0.2, 0.25) is 0 Å². The third-order valence-corrected chi connectivity index (χ3v) is 3.43. The highest BCUT2D eigenvalue weighted by molar-refractivity contribution is 6.18. The van der Waals surface area contributed by atoms with Gasteiger partial charge in [0.25, 0.3) is 0 Å². The average Bonchev–Trinajstić information content (AvgIpc) is 1.81. The van der Waals surface area contributed by atoms with Gasteiger partial charge < -0.3 is 4.90 Å². The van der Waals surface area contributed by atoms with Crippen LogP contribution in [0.1, 0.15) is 19.3 Å². The van der Waals surface area contributed by atoms with Gasteiger partial charge in [0.05, 0.1) is 0 Å². The van der Waals surface area contributed by atoms with Gasteiger partial charge in [-0.2, -0.15) is 0 Å². The molecule has 2 aliphatic rings. The minimum absolute atomic E-state index is 0.803. The number of nitrogens with zero attached hydrogens (tertiary/aromatic N) is 1. The molecule has 2 heteroatoms. The lowest BCUT2D eigenvalue weighted by Crippen LogP contribution is -2.50. The third-order valence-electron chi connectivity index (χ3n) is 2.99. The predicted octanol–water partition coefficient (Wildman–Crippen LogP) is 1.96. The van der Waals surface area contributed by atoms with Crippen LogP contribution in [-0.4, -0.2) is 30.4 Å². The lowest BCUT2D eigenvalue weighted by Gasteiger charge is -2.42. The molecule has 2 fully saturated rings. The summed E-state index contributed by atoms with van der Waals surface area (Å²) in [7, 11) is 0. The Bertz CT molecular complexity index is 128. The van der Waals surface area contributed by atoms with E-state index < -0.39 is 0 Å². The van der Waals surface area contributed by atoms with Crippen molar-refractivity contribution >= 4 is 11.6 Å². The summed E-state index contributed by atoms with van der Waals surface area (Å²) >= 11 is 5.73. The van der Waals surface area contributed by atoms with Crippen molar-refractivity contribution in [3.05, 3.63) is 0 Å². The standard InChI is InChI=1S/C9H16ClN/c10-4-9-6-11(7-9)5-8-2-1-3-8/h8-9H,1-7H2. The van der Waals surface area contributed by atoms with Gasteiger partial charge in [0.15, 0.2) is 0 Å². The summed E-state index contributed by atoms with van der Waals surface area (Å²) < 4.78 is 0. The first-order chi connectivity index (χ1) is 5.38. The van der Waals surface area contributed by atoms with Gasteiger partial charge in [-0.3, -0.25) is 0 Å². The second-order valence-corrected chi connectivity index (χ2v) is 4.34. The summed E-state index contributed by atoms with van der Waals surface area (Å²) in [4.78, 5) is 2.55. The Morgan fingerprint density at radius 1 is 1.18 bits per heavy atom. The molecule has 1 heterocycles. The minimum Gasteiger partial charge on any atom is -0.302 e. The molecule has 0 radical (unpaired) electrons. The number of halogens is 1. The van der Waals surface area contributed by atoms with Crippen molar-refractivity contribution < 1.29 is 0 Å².